The van der Waals surface area contributed by atoms with Crippen LogP contribution >= 0.6 is 0 Å². The molecular formula is C20H15N3O3. The van der Waals surface area contributed by atoms with Gasteiger partial charge in [0.15, 0.2) is 0 Å². The molecule has 3 aromatic rings. The molecule has 0 radical (unpaired) electrons. The first kappa shape index (κ1) is 15.8. The molecule has 0 saturated heterocycles. The first-order chi connectivity index (χ1) is 12.8. The number of carbonyl (C=O) groups is 1. The van der Waals surface area contributed by atoms with Gasteiger partial charge < -0.3 is 14.5 Å². The number of rotatable bonds is 4. The quantitative estimate of drug-likeness (QED) is 0.785. The highest BCUT2D eigenvalue weighted by Gasteiger charge is 2.13. The van der Waals surface area contributed by atoms with Crippen LogP contribution in [0.5, 0.6) is 5.75 Å². The molecule has 1 aliphatic heterocycles. The second-order valence-electron chi connectivity index (χ2n) is 5.61. The highest BCUT2D eigenvalue weighted by molar-refractivity contribution is 6.01. The van der Waals surface area contributed by atoms with Crippen molar-refractivity contribution in [2.24, 2.45) is 0 Å². The molecule has 1 amide bonds. The number of aromatic nitrogens is 2. The molecule has 26 heavy (non-hydrogen) atoms. The topological polar surface area (TPSA) is 77.3 Å². The minimum atomic E-state index is -0.249. The van der Waals surface area contributed by atoms with Gasteiger partial charge in [0.25, 0.3) is 5.91 Å². The number of para-hydroxylation sites is 1. The van der Waals surface area contributed by atoms with Crippen molar-refractivity contribution in [3.05, 3.63) is 84.0 Å². The summed E-state index contributed by atoms with van der Waals surface area (Å²) in [5.74, 6) is 1.22. The number of amides is 1. The zero-order valence-corrected chi connectivity index (χ0v) is 13.8. The minimum absolute atomic E-state index is 0.145. The SMILES string of the molecule is O=C(NCc1nnc(-c2ccccc2)o1)C1=Cc2ccccc2OC=C1. The van der Waals surface area contributed by atoms with Gasteiger partial charge in [0.2, 0.25) is 11.8 Å². The minimum Gasteiger partial charge on any atom is -0.464 e. The molecule has 1 aromatic heterocycles. The standard InChI is InChI=1S/C20H15N3O3/c24-19(16-10-11-25-17-9-5-4-8-15(17)12-16)21-13-18-22-23-20(26-18)14-6-2-1-3-7-14/h1-12H,13H2,(H,21,24). The van der Waals surface area contributed by atoms with E-state index in [4.69, 9.17) is 9.15 Å². The van der Waals surface area contributed by atoms with Crippen LogP contribution < -0.4 is 10.1 Å². The van der Waals surface area contributed by atoms with Crippen molar-refractivity contribution >= 4 is 12.0 Å². The molecule has 0 atom stereocenters. The maximum atomic E-state index is 12.4. The number of carbonyl (C=O) groups excluding carboxylic acids is 1. The van der Waals surface area contributed by atoms with Gasteiger partial charge in [-0.1, -0.05) is 36.4 Å². The van der Waals surface area contributed by atoms with Gasteiger partial charge in [-0.25, -0.2) is 0 Å². The van der Waals surface area contributed by atoms with Crippen LogP contribution in [0.25, 0.3) is 17.5 Å². The maximum Gasteiger partial charge on any atom is 0.251 e. The molecule has 6 heteroatoms. The summed E-state index contributed by atoms with van der Waals surface area (Å²) in [5.41, 5.74) is 2.16. The van der Waals surface area contributed by atoms with Crippen LogP contribution in [0.1, 0.15) is 11.5 Å². The van der Waals surface area contributed by atoms with Gasteiger partial charge >= 0.3 is 0 Å². The van der Waals surface area contributed by atoms with E-state index >= 15 is 0 Å². The van der Waals surface area contributed by atoms with Gasteiger partial charge in [-0.05, 0) is 30.4 Å². The Hall–Kier alpha value is -3.67. The zero-order valence-electron chi connectivity index (χ0n) is 13.8. The van der Waals surface area contributed by atoms with Crippen molar-refractivity contribution in [3.63, 3.8) is 0 Å². The second kappa shape index (κ2) is 7.06. The Bertz CT molecular complexity index is 990. The van der Waals surface area contributed by atoms with E-state index in [0.717, 1.165) is 11.1 Å². The normalized spacial score (nSPS) is 12.5. The summed E-state index contributed by atoms with van der Waals surface area (Å²) in [6.07, 6.45) is 4.90. The second-order valence-corrected chi connectivity index (χ2v) is 5.61. The lowest BCUT2D eigenvalue weighted by molar-refractivity contribution is -0.117. The zero-order chi connectivity index (χ0) is 17.8. The van der Waals surface area contributed by atoms with Crippen LogP contribution in [0.15, 0.2) is 76.9 Å². The Morgan fingerprint density at radius 1 is 1.00 bits per heavy atom. The number of ether oxygens (including phenoxy) is 1. The van der Waals surface area contributed by atoms with Crippen molar-refractivity contribution in [2.75, 3.05) is 0 Å². The summed E-state index contributed by atoms with van der Waals surface area (Å²) >= 11 is 0. The number of hydrogen-bond acceptors (Lipinski definition) is 5. The monoisotopic (exact) mass is 345 g/mol. The molecular weight excluding hydrogens is 330 g/mol. The summed E-state index contributed by atoms with van der Waals surface area (Å²) in [7, 11) is 0. The smallest absolute Gasteiger partial charge is 0.251 e. The Labute approximate surface area is 149 Å². The lowest BCUT2D eigenvalue weighted by Crippen LogP contribution is -2.23. The van der Waals surface area contributed by atoms with Gasteiger partial charge in [0.1, 0.15) is 5.75 Å². The Morgan fingerprint density at radius 2 is 1.81 bits per heavy atom. The van der Waals surface area contributed by atoms with Crippen molar-refractivity contribution in [3.8, 4) is 17.2 Å². The Kier molecular flexibility index (Phi) is 4.30. The first-order valence-electron chi connectivity index (χ1n) is 8.09. The number of benzene rings is 2. The van der Waals surface area contributed by atoms with Crippen LogP contribution in [0, 0.1) is 0 Å². The predicted octanol–water partition coefficient (Wildman–Crippen LogP) is 3.34. The molecule has 2 aromatic carbocycles. The van der Waals surface area contributed by atoms with Crippen molar-refractivity contribution in [1.29, 1.82) is 0 Å². The van der Waals surface area contributed by atoms with Crippen molar-refractivity contribution < 1.29 is 13.9 Å². The van der Waals surface area contributed by atoms with Crippen LogP contribution in [0.4, 0.5) is 0 Å². The van der Waals surface area contributed by atoms with Gasteiger partial charge in [-0.15, -0.1) is 10.2 Å². The first-order valence-corrected chi connectivity index (χ1v) is 8.09. The molecule has 1 aliphatic rings. The lowest BCUT2D eigenvalue weighted by atomic mass is 10.1. The van der Waals surface area contributed by atoms with Gasteiger partial charge in [0.05, 0.1) is 12.8 Å². The number of nitrogens with zero attached hydrogens (tertiary/aromatic N) is 2. The molecule has 0 spiro atoms. The molecule has 2 heterocycles. The number of hydrogen-bond donors (Lipinski definition) is 1. The van der Waals surface area contributed by atoms with E-state index in [1.165, 1.54) is 6.26 Å². The van der Waals surface area contributed by atoms with E-state index in [1.807, 2.05) is 54.6 Å². The average molecular weight is 345 g/mol. The predicted molar refractivity (Wildman–Crippen MR) is 95.8 cm³/mol. The molecule has 0 bridgehead atoms. The lowest BCUT2D eigenvalue weighted by Gasteiger charge is -2.03. The third kappa shape index (κ3) is 3.39. The molecule has 0 unspecified atom stereocenters. The van der Waals surface area contributed by atoms with E-state index in [1.54, 1.807) is 12.2 Å². The summed E-state index contributed by atoms with van der Waals surface area (Å²) < 4.78 is 11.1. The molecule has 128 valence electrons. The van der Waals surface area contributed by atoms with E-state index < -0.39 is 0 Å². The van der Waals surface area contributed by atoms with E-state index in [0.29, 0.717) is 23.1 Å². The van der Waals surface area contributed by atoms with Crippen LogP contribution in [-0.4, -0.2) is 16.1 Å². The number of nitrogens with one attached hydrogen (secondary N) is 1. The Morgan fingerprint density at radius 3 is 2.69 bits per heavy atom. The third-order valence-electron chi connectivity index (χ3n) is 3.82. The summed E-state index contributed by atoms with van der Waals surface area (Å²) in [5, 5.41) is 10.8. The molecule has 0 fully saturated rings. The van der Waals surface area contributed by atoms with Crippen LogP contribution in [0.2, 0.25) is 0 Å². The van der Waals surface area contributed by atoms with Crippen molar-refractivity contribution in [1.82, 2.24) is 15.5 Å². The van der Waals surface area contributed by atoms with Crippen molar-refractivity contribution in [2.45, 2.75) is 6.54 Å². The molecule has 1 N–H and O–H groups in total. The molecule has 4 rings (SSSR count). The average Bonchev–Trinajstić information content (AvgIpc) is 3.05. The van der Waals surface area contributed by atoms with E-state index in [-0.39, 0.29) is 12.5 Å². The van der Waals surface area contributed by atoms with E-state index in [9.17, 15) is 4.79 Å². The fourth-order valence-corrected chi connectivity index (χ4v) is 2.52. The highest BCUT2D eigenvalue weighted by Crippen LogP contribution is 2.24. The maximum absolute atomic E-state index is 12.4. The summed E-state index contributed by atoms with van der Waals surface area (Å²) in [4.78, 5) is 12.4. The fraction of sp³-hybridized carbons (Fsp3) is 0.0500. The largest absolute Gasteiger partial charge is 0.464 e. The Balaban J connectivity index is 1.45. The number of fused-ring (bicyclic) bond motifs is 1. The molecule has 0 aliphatic carbocycles. The van der Waals surface area contributed by atoms with Gasteiger partial charge in [-0.3, -0.25) is 4.79 Å². The molecule has 0 saturated carbocycles. The van der Waals surface area contributed by atoms with E-state index in [2.05, 4.69) is 15.5 Å². The molecule has 6 nitrogen and oxygen atoms in total. The summed E-state index contributed by atoms with van der Waals surface area (Å²) in [6.45, 7) is 0.145. The third-order valence-corrected chi connectivity index (χ3v) is 3.82. The summed E-state index contributed by atoms with van der Waals surface area (Å²) in [6, 6.07) is 17.0. The fourth-order valence-electron chi connectivity index (χ4n) is 2.52. The van der Waals surface area contributed by atoms with Crippen LogP contribution in [-0.2, 0) is 11.3 Å². The van der Waals surface area contributed by atoms with Gasteiger partial charge in [-0.2, -0.15) is 0 Å². The van der Waals surface area contributed by atoms with Crippen LogP contribution in [0.3, 0.4) is 0 Å². The van der Waals surface area contributed by atoms with Gasteiger partial charge in [0, 0.05) is 16.7 Å². The highest BCUT2D eigenvalue weighted by atomic mass is 16.5.